The molecule has 1 unspecified atom stereocenters. The molecule has 0 aliphatic carbocycles. The van der Waals surface area contributed by atoms with Crippen LogP contribution in [0.3, 0.4) is 0 Å². The van der Waals surface area contributed by atoms with Gasteiger partial charge >= 0.3 is 5.97 Å². The molecule has 1 N–H and O–H groups in total. The molecule has 1 rings (SSSR count). The molecule has 0 amide bonds. The van der Waals surface area contributed by atoms with Gasteiger partial charge in [0.05, 0.1) is 6.61 Å². The van der Waals surface area contributed by atoms with Crippen LogP contribution in [0, 0.1) is 12.8 Å². The standard InChI is InChI=1S/C15H23NO3/c1-4-6-7-12(5-2)10-19-13-9-8-11(3)16-14(13)15(17)18/h8-9,12H,4-7,10H2,1-3H3,(H,17,18). The van der Waals surface area contributed by atoms with E-state index < -0.39 is 5.97 Å². The molecule has 0 saturated heterocycles. The van der Waals surface area contributed by atoms with Crippen LogP contribution in [0.1, 0.15) is 55.7 Å². The zero-order chi connectivity index (χ0) is 14.3. The van der Waals surface area contributed by atoms with E-state index >= 15 is 0 Å². The first-order chi connectivity index (χ1) is 9.08. The molecule has 0 saturated carbocycles. The van der Waals surface area contributed by atoms with Gasteiger partial charge in [-0.15, -0.1) is 0 Å². The van der Waals surface area contributed by atoms with Gasteiger partial charge in [-0.2, -0.15) is 0 Å². The quantitative estimate of drug-likeness (QED) is 0.778. The van der Waals surface area contributed by atoms with Crippen LogP contribution in [0.25, 0.3) is 0 Å². The lowest BCUT2D eigenvalue weighted by Gasteiger charge is -2.16. The van der Waals surface area contributed by atoms with E-state index in [9.17, 15) is 4.79 Å². The Morgan fingerprint density at radius 1 is 1.42 bits per heavy atom. The molecular weight excluding hydrogens is 242 g/mol. The third-order valence-electron chi connectivity index (χ3n) is 3.22. The number of rotatable bonds is 8. The molecule has 0 radical (unpaired) electrons. The fraction of sp³-hybridized carbons (Fsp3) is 0.600. The predicted molar refractivity (Wildman–Crippen MR) is 74.7 cm³/mol. The van der Waals surface area contributed by atoms with E-state index in [0.717, 1.165) is 12.8 Å². The highest BCUT2D eigenvalue weighted by atomic mass is 16.5. The minimum absolute atomic E-state index is 0.00495. The molecule has 0 aliphatic rings. The van der Waals surface area contributed by atoms with Crippen molar-refractivity contribution in [2.24, 2.45) is 5.92 Å². The summed E-state index contributed by atoms with van der Waals surface area (Å²) in [5, 5.41) is 9.11. The first-order valence-corrected chi connectivity index (χ1v) is 6.92. The van der Waals surface area contributed by atoms with Gasteiger partial charge in [-0.1, -0.05) is 33.1 Å². The van der Waals surface area contributed by atoms with Gasteiger partial charge in [-0.3, -0.25) is 0 Å². The van der Waals surface area contributed by atoms with E-state index in [4.69, 9.17) is 9.84 Å². The van der Waals surface area contributed by atoms with E-state index in [0.29, 0.717) is 24.0 Å². The van der Waals surface area contributed by atoms with Crippen LogP contribution < -0.4 is 4.74 Å². The number of pyridine rings is 1. The van der Waals surface area contributed by atoms with E-state index in [1.807, 2.05) is 0 Å². The van der Waals surface area contributed by atoms with Gasteiger partial charge in [0, 0.05) is 5.69 Å². The maximum absolute atomic E-state index is 11.1. The summed E-state index contributed by atoms with van der Waals surface area (Å²) in [5.41, 5.74) is 0.688. The highest BCUT2D eigenvalue weighted by Crippen LogP contribution is 2.20. The van der Waals surface area contributed by atoms with Crippen molar-refractivity contribution in [1.82, 2.24) is 4.98 Å². The smallest absolute Gasteiger partial charge is 0.358 e. The Morgan fingerprint density at radius 3 is 2.74 bits per heavy atom. The van der Waals surface area contributed by atoms with Crippen LogP contribution in [-0.2, 0) is 0 Å². The molecule has 4 heteroatoms. The number of ether oxygens (including phenoxy) is 1. The molecule has 0 aromatic carbocycles. The minimum Gasteiger partial charge on any atom is -0.491 e. The van der Waals surface area contributed by atoms with Crippen LogP contribution in [0.15, 0.2) is 12.1 Å². The monoisotopic (exact) mass is 265 g/mol. The van der Waals surface area contributed by atoms with Crippen LogP contribution in [-0.4, -0.2) is 22.7 Å². The third-order valence-corrected chi connectivity index (χ3v) is 3.22. The van der Waals surface area contributed by atoms with Crippen molar-refractivity contribution >= 4 is 5.97 Å². The average molecular weight is 265 g/mol. The summed E-state index contributed by atoms with van der Waals surface area (Å²) >= 11 is 0. The Labute approximate surface area is 114 Å². The number of carbonyl (C=O) groups is 1. The van der Waals surface area contributed by atoms with Crippen molar-refractivity contribution in [3.63, 3.8) is 0 Å². The molecule has 0 fully saturated rings. The molecule has 0 aliphatic heterocycles. The first-order valence-electron chi connectivity index (χ1n) is 6.92. The summed E-state index contributed by atoms with van der Waals surface area (Å²) in [6, 6.07) is 3.47. The number of aryl methyl sites for hydroxylation is 1. The van der Waals surface area contributed by atoms with Gasteiger partial charge < -0.3 is 9.84 Å². The highest BCUT2D eigenvalue weighted by molar-refractivity contribution is 5.88. The molecule has 19 heavy (non-hydrogen) atoms. The Hall–Kier alpha value is -1.58. The molecule has 4 nitrogen and oxygen atoms in total. The first kappa shape index (κ1) is 15.5. The number of aromatic nitrogens is 1. The molecule has 1 atom stereocenters. The van der Waals surface area contributed by atoms with Crippen LogP contribution in [0.5, 0.6) is 5.75 Å². The topological polar surface area (TPSA) is 59.4 Å². The predicted octanol–water partition coefficient (Wildman–Crippen LogP) is 3.68. The summed E-state index contributed by atoms with van der Waals surface area (Å²) in [7, 11) is 0. The van der Waals surface area contributed by atoms with Crippen molar-refractivity contribution in [2.75, 3.05) is 6.61 Å². The molecule has 1 heterocycles. The number of hydrogen-bond donors (Lipinski definition) is 1. The minimum atomic E-state index is -1.04. The largest absolute Gasteiger partial charge is 0.491 e. The molecule has 0 bridgehead atoms. The van der Waals surface area contributed by atoms with Gasteiger partial charge in [0.1, 0.15) is 0 Å². The number of aromatic carboxylic acids is 1. The Bertz CT molecular complexity index is 418. The number of carboxylic acid groups (broad SMARTS) is 1. The maximum Gasteiger partial charge on any atom is 0.358 e. The van der Waals surface area contributed by atoms with Crippen molar-refractivity contribution < 1.29 is 14.6 Å². The zero-order valence-corrected chi connectivity index (χ0v) is 12.0. The lowest BCUT2D eigenvalue weighted by Crippen LogP contribution is -2.14. The second-order valence-electron chi connectivity index (χ2n) is 4.83. The second kappa shape index (κ2) is 7.77. The van der Waals surface area contributed by atoms with Crippen molar-refractivity contribution in [3.05, 3.63) is 23.5 Å². The molecular formula is C15H23NO3. The zero-order valence-electron chi connectivity index (χ0n) is 12.0. The Kier molecular flexibility index (Phi) is 6.33. The number of carboxylic acids is 1. The van der Waals surface area contributed by atoms with Gasteiger partial charge in [0.2, 0.25) is 0 Å². The summed E-state index contributed by atoms with van der Waals surface area (Å²) in [6.45, 7) is 6.63. The van der Waals surface area contributed by atoms with Crippen LogP contribution in [0.4, 0.5) is 0 Å². The summed E-state index contributed by atoms with van der Waals surface area (Å²) in [6.07, 6.45) is 4.51. The van der Waals surface area contributed by atoms with Crippen LogP contribution >= 0.6 is 0 Å². The molecule has 106 valence electrons. The van der Waals surface area contributed by atoms with E-state index in [1.165, 1.54) is 12.8 Å². The average Bonchev–Trinajstić information content (AvgIpc) is 2.40. The lowest BCUT2D eigenvalue weighted by molar-refractivity contribution is 0.0683. The van der Waals surface area contributed by atoms with Crippen molar-refractivity contribution in [1.29, 1.82) is 0 Å². The fourth-order valence-corrected chi connectivity index (χ4v) is 1.92. The van der Waals surface area contributed by atoms with Gasteiger partial charge in [0.25, 0.3) is 0 Å². The van der Waals surface area contributed by atoms with E-state index in [1.54, 1.807) is 19.1 Å². The van der Waals surface area contributed by atoms with E-state index in [-0.39, 0.29) is 5.69 Å². The number of nitrogens with zero attached hydrogens (tertiary/aromatic N) is 1. The maximum atomic E-state index is 11.1. The molecule has 1 aromatic heterocycles. The Morgan fingerprint density at radius 2 is 2.16 bits per heavy atom. The fourth-order valence-electron chi connectivity index (χ4n) is 1.92. The molecule has 1 aromatic rings. The lowest BCUT2D eigenvalue weighted by atomic mass is 10.0. The SMILES string of the molecule is CCCCC(CC)COc1ccc(C)nc1C(=O)O. The second-order valence-corrected chi connectivity index (χ2v) is 4.83. The van der Waals surface area contributed by atoms with Gasteiger partial charge in [-0.05, 0) is 31.4 Å². The van der Waals surface area contributed by atoms with Crippen molar-refractivity contribution in [2.45, 2.75) is 46.5 Å². The summed E-state index contributed by atoms with van der Waals surface area (Å²) in [4.78, 5) is 15.1. The molecule has 0 spiro atoms. The number of hydrogen-bond acceptors (Lipinski definition) is 3. The Balaban J connectivity index is 2.68. The van der Waals surface area contributed by atoms with E-state index in [2.05, 4.69) is 18.8 Å². The van der Waals surface area contributed by atoms with Crippen molar-refractivity contribution in [3.8, 4) is 5.75 Å². The summed E-state index contributed by atoms with van der Waals surface area (Å²) < 4.78 is 5.66. The number of unbranched alkanes of at least 4 members (excludes halogenated alkanes) is 1. The van der Waals surface area contributed by atoms with Gasteiger partial charge in [0.15, 0.2) is 11.4 Å². The normalized spacial score (nSPS) is 12.2. The highest BCUT2D eigenvalue weighted by Gasteiger charge is 2.15. The summed E-state index contributed by atoms with van der Waals surface area (Å²) in [5.74, 6) is -0.198. The van der Waals surface area contributed by atoms with Crippen LogP contribution in [0.2, 0.25) is 0 Å². The third kappa shape index (κ3) is 4.89. The van der Waals surface area contributed by atoms with Gasteiger partial charge in [-0.25, -0.2) is 9.78 Å².